The maximum Gasteiger partial charge on any atom is 0.261 e. The monoisotopic (exact) mass is 406 g/mol. The second-order valence-corrected chi connectivity index (χ2v) is 9.12. The Morgan fingerprint density at radius 1 is 1.24 bits per heavy atom. The van der Waals surface area contributed by atoms with Gasteiger partial charge < -0.3 is 5.32 Å². The predicted octanol–water partition coefficient (Wildman–Crippen LogP) is 3.76. The summed E-state index contributed by atoms with van der Waals surface area (Å²) in [6.07, 6.45) is 2.37. The van der Waals surface area contributed by atoms with Gasteiger partial charge in [-0.15, -0.1) is 11.3 Å². The van der Waals surface area contributed by atoms with Crippen molar-refractivity contribution in [2.75, 3.05) is 19.6 Å². The number of piperidine rings is 3. The molecule has 6 rings (SSSR count). The molecule has 29 heavy (non-hydrogen) atoms. The van der Waals surface area contributed by atoms with Gasteiger partial charge in [0.05, 0.1) is 10.6 Å². The van der Waals surface area contributed by atoms with E-state index in [-0.39, 0.29) is 5.91 Å². The summed E-state index contributed by atoms with van der Waals surface area (Å²) in [5.74, 6) is 1.23. The summed E-state index contributed by atoms with van der Waals surface area (Å²) < 4.78 is 2.07. The maximum atomic E-state index is 12.3. The summed E-state index contributed by atoms with van der Waals surface area (Å²) in [5.41, 5.74) is 3.56. The smallest absolute Gasteiger partial charge is 0.261 e. The Balaban J connectivity index is 1.27. The number of fused-ring (bicyclic) bond motifs is 3. The number of rotatable bonds is 5. The molecule has 2 aromatic heterocycles. The van der Waals surface area contributed by atoms with Crippen LogP contribution in [0.4, 0.5) is 0 Å². The first-order valence-electron chi connectivity index (χ1n) is 10.3. The van der Waals surface area contributed by atoms with Gasteiger partial charge in [0.2, 0.25) is 0 Å². The van der Waals surface area contributed by atoms with Gasteiger partial charge in [0.15, 0.2) is 0 Å². The van der Waals surface area contributed by atoms with Crippen LogP contribution in [0.15, 0.2) is 53.9 Å². The van der Waals surface area contributed by atoms with Crippen LogP contribution in [-0.4, -0.2) is 46.3 Å². The van der Waals surface area contributed by atoms with Crippen molar-refractivity contribution >= 4 is 17.2 Å². The maximum absolute atomic E-state index is 12.3. The van der Waals surface area contributed by atoms with Gasteiger partial charge in [-0.2, -0.15) is 5.10 Å². The lowest BCUT2D eigenvalue weighted by Gasteiger charge is -2.49. The lowest BCUT2D eigenvalue weighted by atomic mass is 9.74. The molecule has 4 atom stereocenters. The van der Waals surface area contributed by atoms with Crippen LogP contribution in [0.3, 0.4) is 0 Å². The van der Waals surface area contributed by atoms with Gasteiger partial charge in [-0.1, -0.05) is 36.4 Å². The van der Waals surface area contributed by atoms with Crippen LogP contribution in [-0.2, 0) is 7.05 Å². The van der Waals surface area contributed by atoms with Crippen molar-refractivity contribution in [3.05, 3.63) is 64.5 Å². The summed E-state index contributed by atoms with van der Waals surface area (Å²) in [4.78, 5) is 15.6. The minimum Gasteiger partial charge on any atom is -0.350 e. The average Bonchev–Trinajstić information content (AvgIpc) is 3.43. The number of aryl methyl sites for hydroxylation is 1. The number of thiophene rings is 1. The second kappa shape index (κ2) is 7.76. The molecule has 5 heterocycles. The Labute approximate surface area is 175 Å². The molecule has 6 heteroatoms. The van der Waals surface area contributed by atoms with Crippen LogP contribution in [0, 0.1) is 5.92 Å². The standard InChI is InChI=1S/C23H26N4OS/c1-26-21(13-20(25-26)16-6-3-2-4-7-16)19-15-27-10-9-17(19)12-18(27)14-24-23(28)22-8-5-11-29-22/h2-8,11,13,17-19H,9-10,12,14-15H2,1H3,(H,24,28). The van der Waals surface area contributed by atoms with E-state index in [2.05, 4.69) is 52.3 Å². The molecule has 0 aliphatic carbocycles. The highest BCUT2D eigenvalue weighted by Gasteiger charge is 2.41. The lowest BCUT2D eigenvalue weighted by Crippen LogP contribution is -2.56. The van der Waals surface area contributed by atoms with Gasteiger partial charge in [0.25, 0.3) is 5.91 Å². The average molecular weight is 407 g/mol. The Bertz CT molecular complexity index is 982. The van der Waals surface area contributed by atoms with Crippen molar-refractivity contribution in [2.45, 2.75) is 24.8 Å². The number of hydrogen-bond donors (Lipinski definition) is 1. The molecule has 2 bridgehead atoms. The van der Waals surface area contributed by atoms with Gasteiger partial charge >= 0.3 is 0 Å². The van der Waals surface area contributed by atoms with Gasteiger partial charge in [0, 0.05) is 43.4 Å². The number of amides is 1. The summed E-state index contributed by atoms with van der Waals surface area (Å²) in [6, 6.07) is 16.9. The van der Waals surface area contributed by atoms with Crippen molar-refractivity contribution in [2.24, 2.45) is 13.0 Å². The van der Waals surface area contributed by atoms with E-state index in [4.69, 9.17) is 5.10 Å². The topological polar surface area (TPSA) is 50.2 Å². The van der Waals surface area contributed by atoms with E-state index in [0.29, 0.717) is 17.9 Å². The zero-order chi connectivity index (χ0) is 19.8. The van der Waals surface area contributed by atoms with Crippen LogP contribution in [0.2, 0.25) is 0 Å². The first-order valence-corrected chi connectivity index (χ1v) is 11.2. The molecule has 150 valence electrons. The summed E-state index contributed by atoms with van der Waals surface area (Å²) in [6.45, 7) is 2.92. The number of carbonyl (C=O) groups excluding carboxylic acids is 1. The van der Waals surface area contributed by atoms with Crippen molar-refractivity contribution in [1.29, 1.82) is 0 Å². The third kappa shape index (κ3) is 3.63. The number of nitrogens with one attached hydrogen (secondary N) is 1. The van der Waals surface area contributed by atoms with Crippen molar-refractivity contribution in [3.63, 3.8) is 0 Å². The van der Waals surface area contributed by atoms with Crippen molar-refractivity contribution in [1.82, 2.24) is 20.0 Å². The predicted molar refractivity (Wildman–Crippen MR) is 116 cm³/mol. The van der Waals surface area contributed by atoms with E-state index in [1.165, 1.54) is 29.0 Å². The molecule has 3 aromatic rings. The van der Waals surface area contributed by atoms with Crippen LogP contribution >= 0.6 is 11.3 Å². The quantitative estimate of drug-likeness (QED) is 0.702. The van der Waals surface area contributed by atoms with Gasteiger partial charge in [-0.3, -0.25) is 14.4 Å². The number of aromatic nitrogens is 2. The number of carbonyl (C=O) groups is 1. The number of benzene rings is 1. The Hall–Kier alpha value is -2.44. The zero-order valence-corrected chi connectivity index (χ0v) is 17.4. The molecule has 5 nitrogen and oxygen atoms in total. The summed E-state index contributed by atoms with van der Waals surface area (Å²) in [5, 5.41) is 9.88. The molecule has 1 aromatic carbocycles. The van der Waals surface area contributed by atoms with Crippen LogP contribution in [0.1, 0.15) is 34.1 Å². The fraction of sp³-hybridized carbons (Fsp3) is 0.391. The Kier molecular flexibility index (Phi) is 4.97. The molecule has 3 aliphatic rings. The third-order valence-corrected chi connectivity index (χ3v) is 7.36. The van der Waals surface area contributed by atoms with E-state index in [1.807, 2.05) is 23.6 Å². The fourth-order valence-electron chi connectivity index (χ4n) is 4.97. The lowest BCUT2D eigenvalue weighted by molar-refractivity contribution is 0.0280. The molecule has 3 saturated heterocycles. The largest absolute Gasteiger partial charge is 0.350 e. The molecule has 0 spiro atoms. The van der Waals surface area contributed by atoms with Gasteiger partial charge in [-0.05, 0) is 42.8 Å². The first-order chi connectivity index (χ1) is 14.2. The Morgan fingerprint density at radius 2 is 2.10 bits per heavy atom. The summed E-state index contributed by atoms with van der Waals surface area (Å²) in [7, 11) is 2.07. The first kappa shape index (κ1) is 18.6. The fourth-order valence-corrected chi connectivity index (χ4v) is 5.61. The minimum absolute atomic E-state index is 0.0540. The molecule has 1 N–H and O–H groups in total. The third-order valence-electron chi connectivity index (χ3n) is 6.49. The van der Waals surface area contributed by atoms with Gasteiger partial charge in [-0.25, -0.2) is 0 Å². The molecule has 1 amide bonds. The van der Waals surface area contributed by atoms with E-state index in [1.54, 1.807) is 0 Å². The van der Waals surface area contributed by atoms with E-state index in [9.17, 15) is 4.79 Å². The van der Waals surface area contributed by atoms with E-state index < -0.39 is 0 Å². The van der Waals surface area contributed by atoms with E-state index >= 15 is 0 Å². The van der Waals surface area contributed by atoms with Crippen molar-refractivity contribution < 1.29 is 4.79 Å². The normalized spacial score (nSPS) is 25.8. The Morgan fingerprint density at radius 3 is 2.83 bits per heavy atom. The highest BCUT2D eigenvalue weighted by Crippen LogP contribution is 2.42. The molecule has 3 fully saturated rings. The second-order valence-electron chi connectivity index (χ2n) is 8.17. The molecule has 4 unspecified atom stereocenters. The highest BCUT2D eigenvalue weighted by atomic mass is 32.1. The minimum atomic E-state index is 0.0540. The number of nitrogens with zero attached hydrogens (tertiary/aromatic N) is 3. The molecule has 0 saturated carbocycles. The van der Waals surface area contributed by atoms with Crippen LogP contribution < -0.4 is 5.32 Å². The van der Waals surface area contributed by atoms with E-state index in [0.717, 1.165) is 36.6 Å². The van der Waals surface area contributed by atoms with Crippen LogP contribution in [0.25, 0.3) is 11.3 Å². The molecule has 0 radical (unpaired) electrons. The molecular formula is C23H26N4OS. The van der Waals surface area contributed by atoms with Crippen molar-refractivity contribution in [3.8, 4) is 11.3 Å². The zero-order valence-electron chi connectivity index (χ0n) is 16.6. The molecular weight excluding hydrogens is 380 g/mol. The van der Waals surface area contributed by atoms with Crippen LogP contribution in [0.5, 0.6) is 0 Å². The highest BCUT2D eigenvalue weighted by molar-refractivity contribution is 7.12. The molecule has 3 aliphatic heterocycles. The summed E-state index contributed by atoms with van der Waals surface area (Å²) >= 11 is 1.50. The number of hydrogen-bond acceptors (Lipinski definition) is 4. The SMILES string of the molecule is Cn1nc(-c2ccccc2)cc1C1CN2CCC1CC2CNC(=O)c1cccs1. The van der Waals surface area contributed by atoms with Gasteiger partial charge in [0.1, 0.15) is 0 Å².